The lowest BCUT2D eigenvalue weighted by molar-refractivity contribution is -0.120. The molecule has 1 aliphatic rings. The molecule has 4 nitrogen and oxygen atoms in total. The van der Waals surface area contributed by atoms with Gasteiger partial charge in [-0.05, 0) is 45.3 Å². The lowest BCUT2D eigenvalue weighted by Crippen LogP contribution is -2.36. The van der Waals surface area contributed by atoms with E-state index >= 15 is 0 Å². The zero-order valence-electron chi connectivity index (χ0n) is 10.7. The molecule has 1 aliphatic heterocycles. The normalized spacial score (nSPS) is 17.6. The SMILES string of the molecule is C#CCNCC(=O)NCCC1CCN(C)CC1. The average Bonchev–Trinajstić information content (AvgIpc) is 2.32. The maximum absolute atomic E-state index is 11.4. The molecule has 1 heterocycles. The Hall–Kier alpha value is -1.05. The number of amides is 1. The molecule has 1 amide bonds. The summed E-state index contributed by atoms with van der Waals surface area (Å²) in [5, 5.41) is 5.79. The number of rotatable bonds is 6. The van der Waals surface area contributed by atoms with Crippen LogP contribution in [0.3, 0.4) is 0 Å². The zero-order valence-corrected chi connectivity index (χ0v) is 10.7. The van der Waals surface area contributed by atoms with Crippen LogP contribution < -0.4 is 10.6 Å². The van der Waals surface area contributed by atoms with Gasteiger partial charge < -0.3 is 10.2 Å². The lowest BCUT2D eigenvalue weighted by Gasteiger charge is -2.28. The van der Waals surface area contributed by atoms with Crippen LogP contribution in [0.25, 0.3) is 0 Å². The van der Waals surface area contributed by atoms with Crippen LogP contribution in [0.5, 0.6) is 0 Å². The second kappa shape index (κ2) is 8.10. The molecule has 0 aromatic carbocycles. The van der Waals surface area contributed by atoms with Gasteiger partial charge in [0, 0.05) is 6.54 Å². The molecule has 0 radical (unpaired) electrons. The Bertz CT molecular complexity index is 264. The minimum absolute atomic E-state index is 0.0353. The number of likely N-dealkylation sites (tertiary alicyclic amines) is 1. The Morgan fingerprint density at radius 3 is 2.82 bits per heavy atom. The Labute approximate surface area is 104 Å². The fraction of sp³-hybridized carbons (Fsp3) is 0.769. The highest BCUT2D eigenvalue weighted by Crippen LogP contribution is 2.18. The van der Waals surface area contributed by atoms with Crippen molar-refractivity contribution in [1.82, 2.24) is 15.5 Å². The first-order chi connectivity index (χ1) is 8.22. The number of piperidine rings is 1. The van der Waals surface area contributed by atoms with E-state index in [4.69, 9.17) is 6.42 Å². The summed E-state index contributed by atoms with van der Waals surface area (Å²) < 4.78 is 0. The van der Waals surface area contributed by atoms with Crippen molar-refractivity contribution in [2.24, 2.45) is 5.92 Å². The van der Waals surface area contributed by atoms with Crippen LogP contribution in [-0.4, -0.2) is 50.6 Å². The Morgan fingerprint density at radius 2 is 2.18 bits per heavy atom. The molecular formula is C13H23N3O. The monoisotopic (exact) mass is 237 g/mol. The number of terminal acetylenes is 1. The second-order valence-electron chi connectivity index (χ2n) is 4.69. The van der Waals surface area contributed by atoms with Crippen molar-refractivity contribution in [2.75, 3.05) is 39.8 Å². The summed E-state index contributed by atoms with van der Waals surface area (Å²) in [6, 6.07) is 0. The van der Waals surface area contributed by atoms with Crippen LogP contribution in [-0.2, 0) is 4.79 Å². The van der Waals surface area contributed by atoms with Gasteiger partial charge in [0.1, 0.15) is 0 Å². The highest BCUT2D eigenvalue weighted by molar-refractivity contribution is 5.77. The van der Waals surface area contributed by atoms with E-state index < -0.39 is 0 Å². The van der Waals surface area contributed by atoms with Crippen LogP contribution in [0.1, 0.15) is 19.3 Å². The van der Waals surface area contributed by atoms with Gasteiger partial charge in [0.05, 0.1) is 13.1 Å². The number of carbonyl (C=O) groups is 1. The summed E-state index contributed by atoms with van der Waals surface area (Å²) in [4.78, 5) is 13.7. The number of nitrogens with one attached hydrogen (secondary N) is 2. The van der Waals surface area contributed by atoms with Gasteiger partial charge in [0.2, 0.25) is 5.91 Å². The molecule has 0 unspecified atom stereocenters. The van der Waals surface area contributed by atoms with Crippen LogP contribution in [0.4, 0.5) is 0 Å². The third-order valence-corrected chi connectivity index (χ3v) is 3.23. The van der Waals surface area contributed by atoms with Crippen molar-refractivity contribution < 1.29 is 4.79 Å². The van der Waals surface area contributed by atoms with Crippen LogP contribution in [0.15, 0.2) is 0 Å². The molecule has 0 aliphatic carbocycles. The maximum Gasteiger partial charge on any atom is 0.233 e. The van der Waals surface area contributed by atoms with E-state index in [-0.39, 0.29) is 5.91 Å². The molecule has 2 N–H and O–H groups in total. The van der Waals surface area contributed by atoms with Crippen LogP contribution in [0, 0.1) is 18.3 Å². The van der Waals surface area contributed by atoms with E-state index in [1.807, 2.05) is 0 Å². The number of hydrogen-bond donors (Lipinski definition) is 2. The van der Waals surface area contributed by atoms with E-state index in [0.717, 1.165) is 18.9 Å². The first-order valence-electron chi connectivity index (χ1n) is 6.31. The highest BCUT2D eigenvalue weighted by Gasteiger charge is 2.16. The smallest absolute Gasteiger partial charge is 0.233 e. The molecule has 0 aromatic heterocycles. The molecule has 1 saturated heterocycles. The van der Waals surface area contributed by atoms with Crippen molar-refractivity contribution >= 4 is 5.91 Å². The summed E-state index contributed by atoms with van der Waals surface area (Å²) in [6.07, 6.45) is 8.67. The quantitative estimate of drug-likeness (QED) is 0.507. The molecule has 0 bridgehead atoms. The molecule has 0 atom stereocenters. The summed E-state index contributed by atoms with van der Waals surface area (Å²) in [5.74, 6) is 3.24. The summed E-state index contributed by atoms with van der Waals surface area (Å²) >= 11 is 0. The van der Waals surface area contributed by atoms with E-state index in [0.29, 0.717) is 13.1 Å². The number of hydrogen-bond acceptors (Lipinski definition) is 3. The fourth-order valence-corrected chi connectivity index (χ4v) is 2.08. The molecule has 4 heteroatoms. The van der Waals surface area contributed by atoms with E-state index in [9.17, 15) is 4.79 Å². The van der Waals surface area contributed by atoms with Gasteiger partial charge in [-0.2, -0.15) is 0 Å². The van der Waals surface area contributed by atoms with Gasteiger partial charge in [-0.15, -0.1) is 6.42 Å². The van der Waals surface area contributed by atoms with Crippen molar-refractivity contribution in [3.63, 3.8) is 0 Å². The molecular weight excluding hydrogens is 214 g/mol. The first-order valence-corrected chi connectivity index (χ1v) is 6.31. The van der Waals surface area contributed by atoms with Gasteiger partial charge in [0.25, 0.3) is 0 Å². The third kappa shape index (κ3) is 6.30. The largest absolute Gasteiger partial charge is 0.355 e. The van der Waals surface area contributed by atoms with Gasteiger partial charge in [0.15, 0.2) is 0 Å². The number of carbonyl (C=O) groups excluding carboxylic acids is 1. The highest BCUT2D eigenvalue weighted by atomic mass is 16.1. The Kier molecular flexibility index (Phi) is 6.68. The molecule has 17 heavy (non-hydrogen) atoms. The van der Waals surface area contributed by atoms with E-state index in [2.05, 4.69) is 28.5 Å². The van der Waals surface area contributed by atoms with Gasteiger partial charge >= 0.3 is 0 Å². The Morgan fingerprint density at radius 1 is 1.47 bits per heavy atom. The molecule has 1 rings (SSSR count). The van der Waals surface area contributed by atoms with Gasteiger partial charge in [-0.1, -0.05) is 5.92 Å². The topological polar surface area (TPSA) is 44.4 Å². The molecule has 0 aromatic rings. The molecule has 1 fully saturated rings. The third-order valence-electron chi connectivity index (χ3n) is 3.23. The standard InChI is InChI=1S/C13H23N3O/c1-3-7-14-11-13(17)15-8-4-12-5-9-16(2)10-6-12/h1,12,14H,4-11H2,2H3,(H,15,17). The second-order valence-corrected chi connectivity index (χ2v) is 4.69. The minimum atomic E-state index is 0.0353. The van der Waals surface area contributed by atoms with Crippen molar-refractivity contribution in [3.05, 3.63) is 0 Å². The van der Waals surface area contributed by atoms with Gasteiger partial charge in [-0.25, -0.2) is 0 Å². The lowest BCUT2D eigenvalue weighted by atomic mass is 9.94. The molecule has 0 spiro atoms. The number of nitrogens with zero attached hydrogens (tertiary/aromatic N) is 1. The minimum Gasteiger partial charge on any atom is -0.355 e. The maximum atomic E-state index is 11.4. The first kappa shape index (κ1) is 14.0. The average molecular weight is 237 g/mol. The van der Waals surface area contributed by atoms with E-state index in [1.165, 1.54) is 25.9 Å². The molecule has 96 valence electrons. The summed E-state index contributed by atoms with van der Waals surface area (Å²) in [5.41, 5.74) is 0. The predicted molar refractivity (Wildman–Crippen MR) is 69.6 cm³/mol. The fourth-order valence-electron chi connectivity index (χ4n) is 2.08. The summed E-state index contributed by atoms with van der Waals surface area (Å²) in [7, 11) is 2.16. The zero-order chi connectivity index (χ0) is 12.5. The van der Waals surface area contributed by atoms with Crippen LogP contribution >= 0.6 is 0 Å². The van der Waals surface area contributed by atoms with Crippen molar-refractivity contribution in [1.29, 1.82) is 0 Å². The van der Waals surface area contributed by atoms with Gasteiger partial charge in [-0.3, -0.25) is 10.1 Å². The molecule has 0 saturated carbocycles. The summed E-state index contributed by atoms with van der Waals surface area (Å²) in [6.45, 7) is 3.91. The predicted octanol–water partition coefficient (Wildman–Crippen LogP) is 0.0573. The van der Waals surface area contributed by atoms with Crippen LogP contribution in [0.2, 0.25) is 0 Å². The van der Waals surface area contributed by atoms with Crippen molar-refractivity contribution in [2.45, 2.75) is 19.3 Å². The Balaban J connectivity index is 2.00. The van der Waals surface area contributed by atoms with E-state index in [1.54, 1.807) is 0 Å². The van der Waals surface area contributed by atoms with Crippen molar-refractivity contribution in [3.8, 4) is 12.3 Å².